The minimum atomic E-state index is -0.603. The summed E-state index contributed by atoms with van der Waals surface area (Å²) in [6, 6.07) is 13.6. The first kappa shape index (κ1) is 10.6. The Kier molecular flexibility index (Phi) is 3.46. The molecule has 80 valence electrons. The van der Waals surface area contributed by atoms with Crippen LogP contribution in [0, 0.1) is 0 Å². The van der Waals surface area contributed by atoms with Crippen molar-refractivity contribution in [1.82, 2.24) is 4.98 Å². The van der Waals surface area contributed by atoms with E-state index in [4.69, 9.17) is 0 Å². The van der Waals surface area contributed by atoms with E-state index in [0.29, 0.717) is 0 Å². The van der Waals surface area contributed by atoms with Gasteiger partial charge in [0.15, 0.2) is 0 Å². The number of benzene rings is 1. The van der Waals surface area contributed by atoms with Crippen molar-refractivity contribution in [3.05, 3.63) is 72.1 Å². The molecule has 0 aliphatic rings. The van der Waals surface area contributed by atoms with Gasteiger partial charge in [-0.05, 0) is 11.6 Å². The molecule has 2 aromatic rings. The van der Waals surface area contributed by atoms with E-state index in [1.807, 2.05) is 48.5 Å². The van der Waals surface area contributed by atoms with Crippen molar-refractivity contribution in [3.8, 4) is 0 Å². The fourth-order valence-electron chi connectivity index (χ4n) is 1.43. The molecule has 0 aliphatic heterocycles. The van der Waals surface area contributed by atoms with E-state index >= 15 is 0 Å². The minimum absolute atomic E-state index is 0.603. The van der Waals surface area contributed by atoms with Crippen molar-refractivity contribution in [2.45, 2.75) is 6.10 Å². The summed E-state index contributed by atoms with van der Waals surface area (Å²) in [5, 5.41) is 9.86. The van der Waals surface area contributed by atoms with Crippen molar-refractivity contribution in [2.75, 3.05) is 0 Å². The maximum absolute atomic E-state index is 9.86. The van der Waals surface area contributed by atoms with Gasteiger partial charge in [-0.25, -0.2) is 0 Å². The lowest BCUT2D eigenvalue weighted by atomic mass is 10.1. The van der Waals surface area contributed by atoms with E-state index < -0.39 is 6.10 Å². The lowest BCUT2D eigenvalue weighted by Gasteiger charge is -2.04. The van der Waals surface area contributed by atoms with Gasteiger partial charge < -0.3 is 5.11 Å². The number of aliphatic hydroxyl groups is 1. The molecule has 1 N–H and O–H groups in total. The lowest BCUT2D eigenvalue weighted by molar-refractivity contribution is 0.229. The zero-order valence-corrected chi connectivity index (χ0v) is 8.82. The van der Waals surface area contributed by atoms with Crippen LogP contribution in [0.2, 0.25) is 0 Å². The van der Waals surface area contributed by atoms with Crippen LogP contribution in [0.15, 0.2) is 60.9 Å². The first-order chi connectivity index (χ1) is 7.86. The SMILES string of the molecule is O[C@@H](/C=C/c1ccccc1)c1cccnc1. The summed E-state index contributed by atoms with van der Waals surface area (Å²) in [5.74, 6) is 0. The second kappa shape index (κ2) is 5.24. The number of hydrogen-bond donors (Lipinski definition) is 1. The summed E-state index contributed by atoms with van der Waals surface area (Å²) in [6.45, 7) is 0. The number of pyridine rings is 1. The highest BCUT2D eigenvalue weighted by Crippen LogP contribution is 2.14. The zero-order chi connectivity index (χ0) is 11.2. The summed E-state index contributed by atoms with van der Waals surface area (Å²) in [4.78, 5) is 3.97. The predicted molar refractivity (Wildman–Crippen MR) is 64.7 cm³/mol. The van der Waals surface area contributed by atoms with Gasteiger partial charge in [0.05, 0.1) is 6.10 Å². The highest BCUT2D eigenvalue weighted by molar-refractivity contribution is 5.49. The molecule has 0 unspecified atom stereocenters. The lowest BCUT2D eigenvalue weighted by Crippen LogP contribution is -1.92. The van der Waals surface area contributed by atoms with Crippen LogP contribution in [0.1, 0.15) is 17.2 Å². The molecule has 1 aromatic heterocycles. The smallest absolute Gasteiger partial charge is 0.0989 e. The van der Waals surface area contributed by atoms with Crippen LogP contribution in [0.3, 0.4) is 0 Å². The molecule has 0 bridgehead atoms. The van der Waals surface area contributed by atoms with Crippen LogP contribution in [0.25, 0.3) is 6.08 Å². The monoisotopic (exact) mass is 211 g/mol. The van der Waals surface area contributed by atoms with E-state index in [-0.39, 0.29) is 0 Å². The van der Waals surface area contributed by atoms with Crippen LogP contribution < -0.4 is 0 Å². The van der Waals surface area contributed by atoms with Gasteiger partial charge in [0.2, 0.25) is 0 Å². The summed E-state index contributed by atoms with van der Waals surface area (Å²) < 4.78 is 0. The van der Waals surface area contributed by atoms with Gasteiger partial charge in [-0.3, -0.25) is 4.98 Å². The van der Waals surface area contributed by atoms with Crippen molar-refractivity contribution >= 4 is 6.08 Å². The second-order valence-corrected chi connectivity index (χ2v) is 3.50. The molecule has 1 aromatic carbocycles. The molecule has 1 heterocycles. The molecule has 2 rings (SSSR count). The summed E-state index contributed by atoms with van der Waals surface area (Å²) in [6.07, 6.45) is 6.41. The molecule has 16 heavy (non-hydrogen) atoms. The molecule has 0 aliphatic carbocycles. The summed E-state index contributed by atoms with van der Waals surface area (Å²) in [7, 11) is 0. The molecule has 0 radical (unpaired) electrons. The molecule has 0 saturated carbocycles. The molecular weight excluding hydrogens is 198 g/mol. The first-order valence-electron chi connectivity index (χ1n) is 5.17. The average Bonchev–Trinajstić information content (AvgIpc) is 2.38. The molecule has 0 saturated heterocycles. The summed E-state index contributed by atoms with van der Waals surface area (Å²) in [5.41, 5.74) is 1.88. The van der Waals surface area contributed by atoms with Crippen molar-refractivity contribution in [1.29, 1.82) is 0 Å². The molecule has 1 atom stereocenters. The Balaban J connectivity index is 2.08. The molecule has 0 fully saturated rings. The first-order valence-corrected chi connectivity index (χ1v) is 5.17. The van der Waals surface area contributed by atoms with Crippen molar-refractivity contribution in [3.63, 3.8) is 0 Å². The Bertz CT molecular complexity index is 451. The van der Waals surface area contributed by atoms with Gasteiger partial charge >= 0.3 is 0 Å². The maximum Gasteiger partial charge on any atom is 0.0989 e. The van der Waals surface area contributed by atoms with Gasteiger partial charge in [0.1, 0.15) is 0 Å². The van der Waals surface area contributed by atoms with Crippen LogP contribution >= 0.6 is 0 Å². The molecule has 0 amide bonds. The van der Waals surface area contributed by atoms with Gasteiger partial charge in [-0.2, -0.15) is 0 Å². The normalized spacial score (nSPS) is 12.8. The van der Waals surface area contributed by atoms with Gasteiger partial charge in [-0.15, -0.1) is 0 Å². The Morgan fingerprint density at radius 1 is 1.06 bits per heavy atom. The van der Waals surface area contributed by atoms with Crippen molar-refractivity contribution < 1.29 is 5.11 Å². The van der Waals surface area contributed by atoms with Crippen LogP contribution in [-0.4, -0.2) is 10.1 Å². The number of aliphatic hydroxyl groups excluding tert-OH is 1. The Morgan fingerprint density at radius 2 is 1.88 bits per heavy atom. The van der Waals surface area contributed by atoms with E-state index in [9.17, 15) is 5.11 Å². The van der Waals surface area contributed by atoms with E-state index in [1.165, 1.54) is 0 Å². The predicted octanol–water partition coefficient (Wildman–Crippen LogP) is 2.83. The Morgan fingerprint density at radius 3 is 2.56 bits per heavy atom. The van der Waals surface area contributed by atoms with Crippen LogP contribution in [0.4, 0.5) is 0 Å². The third kappa shape index (κ3) is 2.78. The number of rotatable bonds is 3. The summed E-state index contributed by atoms with van der Waals surface area (Å²) >= 11 is 0. The zero-order valence-electron chi connectivity index (χ0n) is 8.82. The standard InChI is InChI=1S/C14H13NO/c16-14(13-7-4-10-15-11-13)9-8-12-5-2-1-3-6-12/h1-11,14,16H/b9-8+/t14-/m0/s1. The van der Waals surface area contributed by atoms with Crippen molar-refractivity contribution in [2.24, 2.45) is 0 Å². The van der Waals surface area contributed by atoms with Gasteiger partial charge in [0.25, 0.3) is 0 Å². The Labute approximate surface area is 94.9 Å². The number of aromatic nitrogens is 1. The minimum Gasteiger partial charge on any atom is -0.384 e. The van der Waals surface area contributed by atoms with Gasteiger partial charge in [0, 0.05) is 18.0 Å². The van der Waals surface area contributed by atoms with Gasteiger partial charge in [-0.1, -0.05) is 48.6 Å². The molecule has 2 nitrogen and oxygen atoms in total. The topological polar surface area (TPSA) is 33.1 Å². The third-order valence-electron chi connectivity index (χ3n) is 2.30. The second-order valence-electron chi connectivity index (χ2n) is 3.50. The van der Waals surface area contributed by atoms with E-state index in [1.54, 1.807) is 18.5 Å². The average molecular weight is 211 g/mol. The Hall–Kier alpha value is -1.93. The third-order valence-corrected chi connectivity index (χ3v) is 2.30. The maximum atomic E-state index is 9.86. The fourth-order valence-corrected chi connectivity index (χ4v) is 1.43. The number of nitrogens with zero attached hydrogens (tertiary/aromatic N) is 1. The highest BCUT2D eigenvalue weighted by Gasteiger charge is 2.01. The van der Waals surface area contributed by atoms with Crippen LogP contribution in [0.5, 0.6) is 0 Å². The quantitative estimate of drug-likeness (QED) is 0.846. The molecule has 0 spiro atoms. The van der Waals surface area contributed by atoms with E-state index in [2.05, 4.69) is 4.98 Å². The molecular formula is C14H13NO. The number of hydrogen-bond acceptors (Lipinski definition) is 2. The van der Waals surface area contributed by atoms with Crippen LogP contribution in [-0.2, 0) is 0 Å². The largest absolute Gasteiger partial charge is 0.384 e. The van der Waals surface area contributed by atoms with E-state index in [0.717, 1.165) is 11.1 Å². The highest BCUT2D eigenvalue weighted by atomic mass is 16.3. The fraction of sp³-hybridized carbons (Fsp3) is 0.0714. The molecule has 2 heteroatoms.